The maximum Gasteiger partial charge on any atom is 0.245 e. The third-order valence-electron chi connectivity index (χ3n) is 5.31. The summed E-state index contributed by atoms with van der Waals surface area (Å²) in [6, 6.07) is 15.9. The molecule has 0 saturated carbocycles. The molecule has 2 aliphatic rings. The van der Waals surface area contributed by atoms with E-state index in [-0.39, 0.29) is 10.6 Å². The van der Waals surface area contributed by atoms with Crippen LogP contribution in [-0.2, 0) is 21.3 Å². The average molecular weight is 388 g/mol. The highest BCUT2D eigenvalue weighted by Crippen LogP contribution is 2.37. The summed E-state index contributed by atoms with van der Waals surface area (Å²) in [5.41, 5.74) is 0.393. The maximum absolute atomic E-state index is 13.2. The molecule has 1 N–H and O–H groups in total. The van der Waals surface area contributed by atoms with Crippen LogP contribution in [0.4, 0.5) is 0 Å². The first-order valence-corrected chi connectivity index (χ1v) is 10.7. The highest BCUT2D eigenvalue weighted by molar-refractivity contribution is 7.89. The number of likely N-dealkylation sites (tertiary alicyclic amines) is 1. The molecule has 1 unspecified atom stereocenters. The number of ether oxygens (including phenoxy) is 1. The molecule has 6 nitrogen and oxygen atoms in total. The average Bonchev–Trinajstić information content (AvgIpc) is 3.06. The summed E-state index contributed by atoms with van der Waals surface area (Å²) in [7, 11) is -3.69. The SMILES string of the molecule is O=S(=O)(c1ccc(O)cc1)N1CCOC12CCCN(Cc1ccccc1)C2. The molecule has 2 aliphatic heterocycles. The molecule has 0 aliphatic carbocycles. The first kappa shape index (κ1) is 18.4. The summed E-state index contributed by atoms with van der Waals surface area (Å²) in [5, 5.41) is 9.47. The molecule has 144 valence electrons. The first-order valence-electron chi connectivity index (χ1n) is 9.22. The van der Waals surface area contributed by atoms with Crippen LogP contribution in [0, 0.1) is 0 Å². The molecular weight excluding hydrogens is 364 g/mol. The summed E-state index contributed by atoms with van der Waals surface area (Å²) in [4.78, 5) is 2.45. The summed E-state index contributed by atoms with van der Waals surface area (Å²) >= 11 is 0. The van der Waals surface area contributed by atoms with Gasteiger partial charge in [0, 0.05) is 19.6 Å². The van der Waals surface area contributed by atoms with E-state index in [4.69, 9.17) is 4.74 Å². The summed E-state index contributed by atoms with van der Waals surface area (Å²) in [6.45, 7) is 3.00. The number of rotatable bonds is 4. The molecule has 2 aromatic carbocycles. The van der Waals surface area contributed by atoms with Crippen LogP contribution in [-0.4, -0.2) is 54.7 Å². The van der Waals surface area contributed by atoms with E-state index in [1.807, 2.05) is 18.2 Å². The van der Waals surface area contributed by atoms with Crippen molar-refractivity contribution in [2.24, 2.45) is 0 Å². The van der Waals surface area contributed by atoms with Gasteiger partial charge >= 0.3 is 0 Å². The summed E-state index contributed by atoms with van der Waals surface area (Å²) < 4.78 is 34.0. The van der Waals surface area contributed by atoms with Gasteiger partial charge in [0.05, 0.1) is 11.5 Å². The van der Waals surface area contributed by atoms with Gasteiger partial charge in [-0.2, -0.15) is 4.31 Å². The summed E-state index contributed by atoms with van der Waals surface area (Å²) in [5.74, 6) is 0.0491. The number of phenolic OH excluding ortho intramolecular Hbond substituents is 1. The zero-order valence-electron chi connectivity index (χ0n) is 15.1. The Bertz CT molecular complexity index is 886. The molecule has 2 fully saturated rings. The van der Waals surface area contributed by atoms with E-state index in [9.17, 15) is 13.5 Å². The highest BCUT2D eigenvalue weighted by Gasteiger charge is 2.51. The predicted molar refractivity (Wildman–Crippen MR) is 102 cm³/mol. The van der Waals surface area contributed by atoms with Crippen LogP contribution >= 0.6 is 0 Å². The van der Waals surface area contributed by atoms with Crippen molar-refractivity contribution in [1.82, 2.24) is 9.21 Å². The largest absolute Gasteiger partial charge is 0.508 e. The molecule has 2 aromatic rings. The topological polar surface area (TPSA) is 70.1 Å². The molecule has 0 amide bonds. The molecule has 0 radical (unpaired) electrons. The number of hydrogen-bond donors (Lipinski definition) is 1. The Morgan fingerprint density at radius 1 is 1.04 bits per heavy atom. The Hall–Kier alpha value is -1.93. The zero-order valence-corrected chi connectivity index (χ0v) is 15.9. The smallest absolute Gasteiger partial charge is 0.245 e. The van der Waals surface area contributed by atoms with E-state index in [0.717, 1.165) is 19.5 Å². The normalized spacial score (nSPS) is 24.4. The minimum Gasteiger partial charge on any atom is -0.508 e. The number of piperidine rings is 1. The maximum atomic E-state index is 13.2. The van der Waals surface area contributed by atoms with Gasteiger partial charge in [-0.15, -0.1) is 0 Å². The van der Waals surface area contributed by atoms with Gasteiger partial charge < -0.3 is 9.84 Å². The fourth-order valence-corrected chi connectivity index (χ4v) is 5.75. The fourth-order valence-electron chi connectivity index (χ4n) is 4.06. The standard InChI is InChI=1S/C20H24N2O4S/c23-18-7-9-19(10-8-18)27(24,25)22-13-14-26-20(22)11-4-12-21(16-20)15-17-5-2-1-3-6-17/h1-3,5-10,23H,4,11-16H2. The Morgan fingerprint density at radius 3 is 2.52 bits per heavy atom. The number of hydrogen-bond acceptors (Lipinski definition) is 5. The minimum absolute atomic E-state index is 0.0491. The number of benzene rings is 2. The second-order valence-corrected chi connectivity index (χ2v) is 9.03. The van der Waals surface area contributed by atoms with Gasteiger partial charge in [-0.25, -0.2) is 8.42 Å². The molecule has 1 atom stereocenters. The van der Waals surface area contributed by atoms with E-state index in [1.54, 1.807) is 0 Å². The third kappa shape index (κ3) is 3.60. The second-order valence-electron chi connectivity index (χ2n) is 7.17. The minimum atomic E-state index is -3.69. The first-order chi connectivity index (χ1) is 13.0. The Morgan fingerprint density at radius 2 is 1.78 bits per heavy atom. The lowest BCUT2D eigenvalue weighted by Crippen LogP contribution is -2.57. The van der Waals surface area contributed by atoms with Crippen LogP contribution < -0.4 is 0 Å². The van der Waals surface area contributed by atoms with Crippen molar-refractivity contribution >= 4 is 10.0 Å². The van der Waals surface area contributed by atoms with Crippen molar-refractivity contribution < 1.29 is 18.3 Å². The van der Waals surface area contributed by atoms with Crippen molar-refractivity contribution in [3.63, 3.8) is 0 Å². The summed E-state index contributed by atoms with van der Waals surface area (Å²) in [6.07, 6.45) is 1.57. The Labute approximate surface area is 160 Å². The number of phenols is 1. The van der Waals surface area contributed by atoms with E-state index in [1.165, 1.54) is 34.1 Å². The van der Waals surface area contributed by atoms with Crippen LogP contribution in [0.2, 0.25) is 0 Å². The van der Waals surface area contributed by atoms with Gasteiger partial charge in [-0.3, -0.25) is 4.90 Å². The van der Waals surface area contributed by atoms with Crippen LogP contribution in [0.3, 0.4) is 0 Å². The van der Waals surface area contributed by atoms with Crippen molar-refractivity contribution in [3.8, 4) is 5.75 Å². The van der Waals surface area contributed by atoms with Gasteiger partial charge in [0.25, 0.3) is 0 Å². The van der Waals surface area contributed by atoms with E-state index < -0.39 is 15.7 Å². The van der Waals surface area contributed by atoms with Crippen molar-refractivity contribution in [2.45, 2.75) is 30.0 Å². The predicted octanol–water partition coefficient (Wildman–Crippen LogP) is 2.41. The highest BCUT2D eigenvalue weighted by atomic mass is 32.2. The molecule has 7 heteroatoms. The molecular formula is C20H24N2O4S. The Balaban J connectivity index is 1.58. The fraction of sp³-hybridized carbons (Fsp3) is 0.400. The van der Waals surface area contributed by atoms with Crippen molar-refractivity contribution in [2.75, 3.05) is 26.2 Å². The third-order valence-corrected chi connectivity index (χ3v) is 7.27. The van der Waals surface area contributed by atoms with Crippen LogP contribution in [0.1, 0.15) is 18.4 Å². The molecule has 2 saturated heterocycles. The van der Waals surface area contributed by atoms with Gasteiger partial charge in [0.1, 0.15) is 11.5 Å². The van der Waals surface area contributed by atoms with Crippen molar-refractivity contribution in [1.29, 1.82) is 0 Å². The Kier molecular flexibility index (Phi) is 4.94. The number of sulfonamides is 1. The van der Waals surface area contributed by atoms with Gasteiger partial charge in [0.15, 0.2) is 0 Å². The molecule has 27 heavy (non-hydrogen) atoms. The van der Waals surface area contributed by atoms with Gasteiger partial charge in [-0.1, -0.05) is 30.3 Å². The number of aromatic hydroxyl groups is 1. The van der Waals surface area contributed by atoms with Gasteiger partial charge in [0.2, 0.25) is 10.0 Å². The molecule has 2 heterocycles. The molecule has 0 aromatic heterocycles. The molecule has 1 spiro atoms. The monoisotopic (exact) mass is 388 g/mol. The lowest BCUT2D eigenvalue weighted by Gasteiger charge is -2.43. The quantitative estimate of drug-likeness (QED) is 0.871. The molecule has 4 rings (SSSR count). The zero-order chi connectivity index (χ0) is 18.9. The van der Waals surface area contributed by atoms with Crippen molar-refractivity contribution in [3.05, 3.63) is 60.2 Å². The molecule has 0 bridgehead atoms. The number of nitrogens with zero attached hydrogens (tertiary/aromatic N) is 2. The van der Waals surface area contributed by atoms with Crippen LogP contribution in [0.15, 0.2) is 59.5 Å². The van der Waals surface area contributed by atoms with Gasteiger partial charge in [-0.05, 0) is 49.2 Å². The second kappa shape index (κ2) is 7.24. The van der Waals surface area contributed by atoms with E-state index in [0.29, 0.717) is 26.1 Å². The van der Waals surface area contributed by atoms with Crippen LogP contribution in [0.5, 0.6) is 5.75 Å². The lowest BCUT2D eigenvalue weighted by atomic mass is 10.0. The van der Waals surface area contributed by atoms with E-state index in [2.05, 4.69) is 17.0 Å². The lowest BCUT2D eigenvalue weighted by molar-refractivity contribution is -0.0990. The van der Waals surface area contributed by atoms with E-state index >= 15 is 0 Å². The van der Waals surface area contributed by atoms with Crippen LogP contribution in [0.25, 0.3) is 0 Å².